The van der Waals surface area contributed by atoms with Crippen LogP contribution in [0.1, 0.15) is 28.3 Å². The predicted octanol–water partition coefficient (Wildman–Crippen LogP) is 0.318. The normalized spacial score (nSPS) is 10.0. The summed E-state index contributed by atoms with van der Waals surface area (Å²) in [7, 11) is 1.29. The molecule has 1 rings (SSSR count). The number of aliphatic hydroxyl groups is 1. The van der Waals surface area contributed by atoms with Gasteiger partial charge in [0, 0.05) is 18.4 Å². The molecule has 1 heterocycles. The average Bonchev–Trinajstić information content (AvgIpc) is 2.81. The maximum Gasteiger partial charge on any atom is 0.357 e. The van der Waals surface area contributed by atoms with Gasteiger partial charge < -0.3 is 15.2 Å². The fourth-order valence-corrected chi connectivity index (χ4v) is 1.80. The first-order valence-electron chi connectivity index (χ1n) is 5.07. The number of hydrogen-bond acceptors (Lipinski definition) is 6. The summed E-state index contributed by atoms with van der Waals surface area (Å²) < 4.78 is 4.52. The summed E-state index contributed by atoms with van der Waals surface area (Å²) in [5.41, 5.74) is 0.247. The fourth-order valence-electron chi connectivity index (χ4n) is 1.09. The second-order valence-electron chi connectivity index (χ2n) is 3.22. The molecule has 0 fully saturated rings. The Labute approximate surface area is 103 Å². The number of nitrogens with one attached hydrogen (secondary N) is 1. The first-order valence-corrected chi connectivity index (χ1v) is 5.95. The lowest BCUT2D eigenvalue weighted by Crippen LogP contribution is -2.22. The molecule has 94 valence electrons. The molecular formula is C10H14N2O4S. The van der Waals surface area contributed by atoms with Gasteiger partial charge in [0.2, 0.25) is 5.91 Å². The Bertz CT molecular complexity index is 391. The number of methoxy groups -OCH3 is 1. The van der Waals surface area contributed by atoms with Crippen molar-refractivity contribution in [3.05, 3.63) is 16.1 Å². The van der Waals surface area contributed by atoms with Crippen LogP contribution in [0, 0.1) is 0 Å². The predicted molar refractivity (Wildman–Crippen MR) is 61.6 cm³/mol. The standard InChI is InChI=1S/C10H14N2O4S/c1-16-10(15)7-6-17-9(12-7)5-11-8(14)3-2-4-13/h6,13H,2-5H2,1H3,(H,11,14). The summed E-state index contributed by atoms with van der Waals surface area (Å²) in [4.78, 5) is 26.4. The third-order valence-corrected chi connectivity index (χ3v) is 2.79. The largest absolute Gasteiger partial charge is 0.464 e. The van der Waals surface area contributed by atoms with Crippen molar-refractivity contribution in [2.24, 2.45) is 0 Å². The molecule has 1 aromatic rings. The molecule has 0 aliphatic heterocycles. The van der Waals surface area contributed by atoms with Crippen molar-refractivity contribution < 1.29 is 19.4 Å². The van der Waals surface area contributed by atoms with E-state index in [0.717, 1.165) is 0 Å². The van der Waals surface area contributed by atoms with Crippen molar-refractivity contribution in [1.82, 2.24) is 10.3 Å². The minimum Gasteiger partial charge on any atom is -0.464 e. The van der Waals surface area contributed by atoms with E-state index in [4.69, 9.17) is 5.11 Å². The molecular weight excluding hydrogens is 244 g/mol. The van der Waals surface area contributed by atoms with Gasteiger partial charge >= 0.3 is 5.97 Å². The lowest BCUT2D eigenvalue weighted by molar-refractivity contribution is -0.121. The summed E-state index contributed by atoms with van der Waals surface area (Å²) in [6.07, 6.45) is 0.725. The average molecular weight is 258 g/mol. The zero-order chi connectivity index (χ0) is 12.7. The molecule has 0 radical (unpaired) electrons. The molecule has 0 aliphatic carbocycles. The first-order chi connectivity index (χ1) is 8.17. The number of aliphatic hydroxyl groups excluding tert-OH is 1. The van der Waals surface area contributed by atoms with E-state index >= 15 is 0 Å². The number of hydrogen-bond donors (Lipinski definition) is 2. The number of rotatable bonds is 6. The van der Waals surface area contributed by atoms with Crippen LogP contribution in [0.4, 0.5) is 0 Å². The molecule has 0 saturated carbocycles. The van der Waals surface area contributed by atoms with Crippen LogP contribution in [0.25, 0.3) is 0 Å². The molecule has 17 heavy (non-hydrogen) atoms. The molecule has 0 saturated heterocycles. The molecule has 2 N–H and O–H groups in total. The van der Waals surface area contributed by atoms with Gasteiger partial charge in [-0.2, -0.15) is 0 Å². The zero-order valence-electron chi connectivity index (χ0n) is 9.43. The van der Waals surface area contributed by atoms with Crippen molar-refractivity contribution in [1.29, 1.82) is 0 Å². The van der Waals surface area contributed by atoms with Crippen LogP contribution in [0.3, 0.4) is 0 Å². The molecule has 1 amide bonds. The van der Waals surface area contributed by atoms with Crippen molar-refractivity contribution in [3.8, 4) is 0 Å². The minimum absolute atomic E-state index is 0.00282. The van der Waals surface area contributed by atoms with Gasteiger partial charge in [-0.05, 0) is 6.42 Å². The lowest BCUT2D eigenvalue weighted by atomic mass is 10.3. The topological polar surface area (TPSA) is 88.5 Å². The van der Waals surface area contributed by atoms with E-state index in [-0.39, 0.29) is 31.2 Å². The maximum absolute atomic E-state index is 11.2. The molecule has 6 nitrogen and oxygen atoms in total. The minimum atomic E-state index is -0.487. The Morgan fingerprint density at radius 1 is 1.59 bits per heavy atom. The summed E-state index contributed by atoms with van der Waals surface area (Å²) in [5, 5.41) is 13.4. The highest BCUT2D eigenvalue weighted by molar-refractivity contribution is 7.09. The van der Waals surface area contributed by atoms with Gasteiger partial charge in [-0.15, -0.1) is 11.3 Å². The molecule has 1 aromatic heterocycles. The first kappa shape index (κ1) is 13.6. The van der Waals surface area contributed by atoms with E-state index < -0.39 is 5.97 Å². The van der Waals surface area contributed by atoms with Gasteiger partial charge in [0.25, 0.3) is 0 Å². The van der Waals surface area contributed by atoms with Crippen LogP contribution in [-0.4, -0.2) is 35.7 Å². The molecule has 0 bridgehead atoms. The molecule has 0 atom stereocenters. The highest BCUT2D eigenvalue weighted by atomic mass is 32.1. The van der Waals surface area contributed by atoms with Crippen LogP contribution in [0.2, 0.25) is 0 Å². The monoisotopic (exact) mass is 258 g/mol. The number of aromatic nitrogens is 1. The van der Waals surface area contributed by atoms with Gasteiger partial charge in [0.1, 0.15) is 5.01 Å². The maximum atomic E-state index is 11.2. The van der Waals surface area contributed by atoms with Crippen LogP contribution in [0.15, 0.2) is 5.38 Å². The molecule has 7 heteroatoms. The number of nitrogens with zero attached hydrogens (tertiary/aromatic N) is 1. The number of esters is 1. The van der Waals surface area contributed by atoms with Gasteiger partial charge in [-0.1, -0.05) is 0 Å². The highest BCUT2D eigenvalue weighted by Gasteiger charge is 2.10. The molecule has 0 aromatic carbocycles. The molecule has 0 unspecified atom stereocenters. The molecule has 0 spiro atoms. The van der Waals surface area contributed by atoms with Gasteiger partial charge in [-0.25, -0.2) is 9.78 Å². The third kappa shape index (κ3) is 4.49. The third-order valence-electron chi connectivity index (χ3n) is 1.95. The summed E-state index contributed by atoms with van der Waals surface area (Å²) >= 11 is 1.28. The van der Waals surface area contributed by atoms with Crippen molar-refractivity contribution in [2.75, 3.05) is 13.7 Å². The summed E-state index contributed by atoms with van der Waals surface area (Å²) in [6, 6.07) is 0. The van der Waals surface area contributed by atoms with E-state index in [1.807, 2.05) is 0 Å². The number of ether oxygens (including phenoxy) is 1. The Hall–Kier alpha value is -1.47. The summed E-state index contributed by atoms with van der Waals surface area (Å²) in [5.74, 6) is -0.632. The van der Waals surface area contributed by atoms with Crippen LogP contribution in [0.5, 0.6) is 0 Å². The van der Waals surface area contributed by atoms with Gasteiger partial charge in [-0.3, -0.25) is 4.79 Å². The number of thiazole rings is 1. The van der Waals surface area contributed by atoms with Crippen LogP contribution < -0.4 is 5.32 Å². The van der Waals surface area contributed by atoms with Crippen LogP contribution in [-0.2, 0) is 16.1 Å². The van der Waals surface area contributed by atoms with E-state index in [2.05, 4.69) is 15.0 Å². The molecule has 0 aliphatic rings. The van der Waals surface area contributed by atoms with Crippen molar-refractivity contribution >= 4 is 23.2 Å². The number of amides is 1. The van der Waals surface area contributed by atoms with Gasteiger partial charge in [0.15, 0.2) is 5.69 Å². The van der Waals surface area contributed by atoms with Crippen molar-refractivity contribution in [2.45, 2.75) is 19.4 Å². The van der Waals surface area contributed by atoms with Crippen LogP contribution >= 0.6 is 11.3 Å². The van der Waals surface area contributed by atoms with Crippen molar-refractivity contribution in [3.63, 3.8) is 0 Å². The van der Waals surface area contributed by atoms with E-state index in [0.29, 0.717) is 11.4 Å². The number of carbonyl (C=O) groups is 2. The Morgan fingerprint density at radius 3 is 3.00 bits per heavy atom. The van der Waals surface area contributed by atoms with E-state index in [9.17, 15) is 9.59 Å². The second-order valence-corrected chi connectivity index (χ2v) is 4.16. The Morgan fingerprint density at radius 2 is 2.35 bits per heavy atom. The number of carbonyl (C=O) groups excluding carboxylic acids is 2. The quantitative estimate of drug-likeness (QED) is 0.717. The second kappa shape index (κ2) is 6.97. The Balaban J connectivity index is 2.39. The summed E-state index contributed by atoms with van der Waals surface area (Å²) in [6.45, 7) is 0.281. The van der Waals surface area contributed by atoms with E-state index in [1.165, 1.54) is 18.4 Å². The SMILES string of the molecule is COC(=O)c1csc(CNC(=O)CCCO)n1. The highest BCUT2D eigenvalue weighted by Crippen LogP contribution is 2.10. The zero-order valence-corrected chi connectivity index (χ0v) is 10.2. The smallest absolute Gasteiger partial charge is 0.357 e. The Kier molecular flexibility index (Phi) is 5.58. The van der Waals surface area contributed by atoms with Gasteiger partial charge in [0.05, 0.1) is 13.7 Å². The van der Waals surface area contributed by atoms with E-state index in [1.54, 1.807) is 5.38 Å². The lowest BCUT2D eigenvalue weighted by Gasteiger charge is -2.01. The fraction of sp³-hybridized carbons (Fsp3) is 0.500.